The van der Waals surface area contributed by atoms with Gasteiger partial charge in [-0.25, -0.2) is 4.39 Å². The summed E-state index contributed by atoms with van der Waals surface area (Å²) >= 11 is 16.7. The van der Waals surface area contributed by atoms with E-state index in [4.69, 9.17) is 11.6 Å². The van der Waals surface area contributed by atoms with E-state index in [0.29, 0.717) is 15.1 Å². The second-order valence-corrected chi connectivity index (χ2v) is 9.00. The molecule has 0 spiro atoms. The number of rotatable bonds is 2. The summed E-state index contributed by atoms with van der Waals surface area (Å²) in [5.74, 6) is 2.00. The summed E-state index contributed by atoms with van der Waals surface area (Å²) in [4.78, 5) is 2.44. The van der Waals surface area contributed by atoms with E-state index < -0.39 is 0 Å². The molecule has 1 aliphatic heterocycles. The van der Waals surface area contributed by atoms with Crippen molar-refractivity contribution in [2.75, 3.05) is 5.75 Å². The summed E-state index contributed by atoms with van der Waals surface area (Å²) in [6.07, 6.45) is 1.12. The second-order valence-electron chi connectivity index (χ2n) is 4.55. The highest BCUT2D eigenvalue weighted by Crippen LogP contribution is 2.42. The molecule has 0 fully saturated rings. The van der Waals surface area contributed by atoms with Gasteiger partial charge in [0.2, 0.25) is 0 Å². The molecular formula is C14H10Br2ClFS2. The largest absolute Gasteiger partial charge is 0.207 e. The number of aryl methyl sites for hydroxylation is 1. The predicted octanol–water partition coefficient (Wildman–Crippen LogP) is 6.58. The topological polar surface area (TPSA) is 0 Å². The fourth-order valence-electron chi connectivity index (χ4n) is 2.18. The molecule has 1 aliphatic rings. The van der Waals surface area contributed by atoms with Crippen molar-refractivity contribution in [3.05, 3.63) is 54.4 Å². The lowest BCUT2D eigenvalue weighted by atomic mass is 10.1. The minimum Gasteiger partial charge on any atom is -0.207 e. The van der Waals surface area contributed by atoms with Gasteiger partial charge >= 0.3 is 0 Å². The number of alkyl halides is 1. The number of hydrogen-bond acceptors (Lipinski definition) is 2. The van der Waals surface area contributed by atoms with Crippen LogP contribution in [-0.4, -0.2) is 5.75 Å². The zero-order chi connectivity index (χ0) is 14.3. The molecule has 0 amide bonds. The van der Waals surface area contributed by atoms with Crippen LogP contribution in [0.15, 0.2) is 22.7 Å². The third kappa shape index (κ3) is 2.98. The number of fused-ring (bicyclic) bond motifs is 1. The third-order valence-electron chi connectivity index (χ3n) is 3.21. The molecule has 20 heavy (non-hydrogen) atoms. The highest BCUT2D eigenvalue weighted by Gasteiger charge is 2.22. The Morgan fingerprint density at radius 2 is 2.10 bits per heavy atom. The summed E-state index contributed by atoms with van der Waals surface area (Å²) in [5, 5.41) is 0.530. The third-order valence-corrected chi connectivity index (χ3v) is 8.01. The van der Waals surface area contributed by atoms with Gasteiger partial charge in [-0.2, -0.15) is 11.8 Å². The van der Waals surface area contributed by atoms with Gasteiger partial charge in [-0.15, -0.1) is 11.3 Å². The van der Waals surface area contributed by atoms with Crippen LogP contribution in [0.5, 0.6) is 0 Å². The SMILES string of the molecule is Fc1cc(Br)c(Cl)cc1C(Br)c1cc2c(s1)CCSC2. The molecule has 0 saturated carbocycles. The minimum absolute atomic E-state index is 0.145. The summed E-state index contributed by atoms with van der Waals surface area (Å²) in [6.45, 7) is 0. The van der Waals surface area contributed by atoms with Gasteiger partial charge in [-0.05, 0) is 51.9 Å². The number of thioether (sulfide) groups is 1. The van der Waals surface area contributed by atoms with E-state index in [0.717, 1.165) is 17.1 Å². The monoisotopic (exact) mass is 454 g/mol. The van der Waals surface area contributed by atoms with E-state index >= 15 is 0 Å². The molecule has 6 heteroatoms. The number of benzene rings is 1. The maximum Gasteiger partial charge on any atom is 0.129 e. The quantitative estimate of drug-likeness (QED) is 0.363. The van der Waals surface area contributed by atoms with Gasteiger partial charge in [-0.3, -0.25) is 0 Å². The molecule has 106 valence electrons. The Bertz CT molecular complexity index is 633. The van der Waals surface area contributed by atoms with Crippen molar-refractivity contribution in [3.63, 3.8) is 0 Å². The van der Waals surface area contributed by atoms with Gasteiger partial charge in [0.15, 0.2) is 0 Å². The van der Waals surface area contributed by atoms with Gasteiger partial charge in [0.05, 0.1) is 9.85 Å². The molecular weight excluding hydrogens is 447 g/mol. The fraction of sp³-hybridized carbons (Fsp3) is 0.286. The molecule has 0 nitrogen and oxygen atoms in total. The Morgan fingerprint density at radius 3 is 2.85 bits per heavy atom. The van der Waals surface area contributed by atoms with E-state index in [1.54, 1.807) is 17.4 Å². The molecule has 1 aromatic heterocycles. The van der Waals surface area contributed by atoms with Crippen LogP contribution in [0, 0.1) is 5.82 Å². The van der Waals surface area contributed by atoms with Crippen LogP contribution in [-0.2, 0) is 12.2 Å². The van der Waals surface area contributed by atoms with Crippen molar-refractivity contribution in [2.45, 2.75) is 17.0 Å². The molecule has 0 N–H and O–H groups in total. The standard InChI is InChI=1S/C14H10Br2ClFS2/c15-9-5-11(18)8(4-10(9)17)14(16)13-3-7-6-19-2-1-12(7)20-13/h3-5,14H,1-2,6H2. The van der Waals surface area contributed by atoms with Crippen LogP contribution in [0.3, 0.4) is 0 Å². The van der Waals surface area contributed by atoms with Gasteiger partial charge in [0, 0.05) is 25.5 Å². The van der Waals surface area contributed by atoms with Crippen molar-refractivity contribution >= 4 is 66.6 Å². The van der Waals surface area contributed by atoms with Gasteiger partial charge < -0.3 is 0 Å². The lowest BCUT2D eigenvalue weighted by Crippen LogP contribution is -1.96. The molecule has 0 bridgehead atoms. The van der Waals surface area contributed by atoms with Crippen molar-refractivity contribution in [1.29, 1.82) is 0 Å². The van der Waals surface area contributed by atoms with Crippen molar-refractivity contribution in [1.82, 2.24) is 0 Å². The molecule has 2 heterocycles. The average Bonchev–Trinajstić information content (AvgIpc) is 2.86. The summed E-state index contributed by atoms with van der Waals surface area (Å²) in [7, 11) is 0. The lowest BCUT2D eigenvalue weighted by molar-refractivity contribution is 0.613. The molecule has 0 radical (unpaired) electrons. The van der Waals surface area contributed by atoms with E-state index in [1.807, 2.05) is 11.8 Å². The van der Waals surface area contributed by atoms with E-state index in [-0.39, 0.29) is 10.6 Å². The zero-order valence-electron chi connectivity index (χ0n) is 10.3. The Labute approximate surface area is 147 Å². The Balaban J connectivity index is 1.98. The van der Waals surface area contributed by atoms with Crippen molar-refractivity contribution < 1.29 is 4.39 Å². The van der Waals surface area contributed by atoms with Crippen molar-refractivity contribution in [2.24, 2.45) is 0 Å². The van der Waals surface area contributed by atoms with Crippen LogP contribution >= 0.6 is 66.6 Å². The summed E-state index contributed by atoms with van der Waals surface area (Å²) in [5.41, 5.74) is 1.98. The first kappa shape index (κ1) is 15.3. The minimum atomic E-state index is -0.246. The molecule has 1 unspecified atom stereocenters. The number of halogens is 4. The number of hydrogen-bond donors (Lipinski definition) is 0. The molecule has 3 rings (SSSR count). The van der Waals surface area contributed by atoms with E-state index in [1.165, 1.54) is 22.3 Å². The summed E-state index contributed by atoms with van der Waals surface area (Å²) < 4.78 is 14.7. The average molecular weight is 457 g/mol. The molecule has 0 aliphatic carbocycles. The van der Waals surface area contributed by atoms with Crippen LogP contribution in [0.1, 0.15) is 25.7 Å². The van der Waals surface area contributed by atoms with Gasteiger partial charge in [0.1, 0.15) is 5.82 Å². The number of thiophene rings is 1. The van der Waals surface area contributed by atoms with Gasteiger partial charge in [0.25, 0.3) is 0 Å². The van der Waals surface area contributed by atoms with Crippen LogP contribution in [0.25, 0.3) is 0 Å². The van der Waals surface area contributed by atoms with Crippen LogP contribution in [0.2, 0.25) is 5.02 Å². The Kier molecular flexibility index (Phi) is 4.83. The Hall–Kier alpha value is 0.450. The first-order valence-electron chi connectivity index (χ1n) is 6.04. The highest BCUT2D eigenvalue weighted by molar-refractivity contribution is 9.10. The normalized spacial score (nSPS) is 16.0. The maximum absolute atomic E-state index is 14.1. The summed E-state index contributed by atoms with van der Waals surface area (Å²) in [6, 6.07) is 5.31. The Morgan fingerprint density at radius 1 is 1.30 bits per heavy atom. The molecule has 2 aromatic rings. The predicted molar refractivity (Wildman–Crippen MR) is 94.1 cm³/mol. The smallest absolute Gasteiger partial charge is 0.129 e. The molecule has 0 saturated heterocycles. The molecule has 1 aromatic carbocycles. The van der Waals surface area contributed by atoms with Gasteiger partial charge in [-0.1, -0.05) is 27.5 Å². The maximum atomic E-state index is 14.1. The lowest BCUT2D eigenvalue weighted by Gasteiger charge is -2.11. The van der Waals surface area contributed by atoms with Crippen LogP contribution < -0.4 is 0 Å². The van der Waals surface area contributed by atoms with E-state index in [2.05, 4.69) is 37.9 Å². The first-order chi connectivity index (χ1) is 9.56. The highest BCUT2D eigenvalue weighted by atomic mass is 79.9. The first-order valence-corrected chi connectivity index (χ1v) is 10.1. The van der Waals surface area contributed by atoms with E-state index in [9.17, 15) is 4.39 Å². The van der Waals surface area contributed by atoms with Crippen molar-refractivity contribution in [3.8, 4) is 0 Å². The van der Waals surface area contributed by atoms with Crippen LogP contribution in [0.4, 0.5) is 4.39 Å². The fourth-order valence-corrected chi connectivity index (χ4v) is 5.80. The molecule has 1 atom stereocenters. The zero-order valence-corrected chi connectivity index (χ0v) is 15.8. The second kappa shape index (κ2) is 6.29.